The molecule has 0 bridgehead atoms. The van der Waals surface area contributed by atoms with E-state index in [-0.39, 0.29) is 12.5 Å². The van der Waals surface area contributed by atoms with E-state index < -0.39 is 12.1 Å². The van der Waals surface area contributed by atoms with Crippen molar-refractivity contribution in [1.82, 2.24) is 5.32 Å². The molecule has 4 nitrogen and oxygen atoms in total. The topological polar surface area (TPSA) is 69.6 Å². The van der Waals surface area contributed by atoms with Crippen molar-refractivity contribution in [2.24, 2.45) is 0 Å². The number of carbonyl (C=O) groups excluding carboxylic acids is 1. The first-order valence-corrected chi connectivity index (χ1v) is 28.9. The smallest absolute Gasteiger partial charge is 0.220 e. The van der Waals surface area contributed by atoms with Crippen molar-refractivity contribution < 1.29 is 15.0 Å². The Kier molecular flexibility index (Phi) is 53.7. The zero-order valence-corrected chi connectivity index (χ0v) is 42.7. The molecule has 3 N–H and O–H groups in total. The van der Waals surface area contributed by atoms with Gasteiger partial charge >= 0.3 is 0 Å². The monoisotopic (exact) mass is 874 g/mol. The van der Waals surface area contributed by atoms with Crippen LogP contribution in [0.3, 0.4) is 0 Å². The lowest BCUT2D eigenvalue weighted by molar-refractivity contribution is -0.123. The van der Waals surface area contributed by atoms with Gasteiger partial charge in [0.1, 0.15) is 0 Å². The summed E-state index contributed by atoms with van der Waals surface area (Å²) < 4.78 is 0. The Morgan fingerprint density at radius 2 is 0.597 bits per heavy atom. The molecule has 4 heteroatoms. The fraction of sp³-hybridized carbons (Fsp3) is 0.948. The summed E-state index contributed by atoms with van der Waals surface area (Å²) in [5.41, 5.74) is 0. The van der Waals surface area contributed by atoms with Crippen molar-refractivity contribution in [3.05, 3.63) is 12.2 Å². The number of aliphatic hydroxyl groups excluding tert-OH is 2. The first-order chi connectivity index (χ1) is 30.7. The molecular weight excluding hydrogens is 759 g/mol. The van der Waals surface area contributed by atoms with Crippen molar-refractivity contribution in [3.8, 4) is 0 Å². The predicted octanol–water partition coefficient (Wildman–Crippen LogP) is 18.9. The molecule has 370 valence electrons. The molecule has 0 rings (SSSR count). The molecule has 0 spiro atoms. The molecular formula is C58H115NO3. The van der Waals surface area contributed by atoms with E-state index in [1.165, 1.54) is 289 Å². The molecule has 0 fully saturated rings. The molecule has 0 aromatic carbocycles. The van der Waals surface area contributed by atoms with E-state index >= 15 is 0 Å². The Bertz CT molecular complexity index is 860. The zero-order valence-electron chi connectivity index (χ0n) is 42.7. The number of allylic oxidation sites excluding steroid dienone is 1. The molecule has 0 heterocycles. The largest absolute Gasteiger partial charge is 0.394 e. The van der Waals surface area contributed by atoms with Gasteiger partial charge in [-0.25, -0.2) is 0 Å². The summed E-state index contributed by atoms with van der Waals surface area (Å²) in [5, 5.41) is 23.2. The van der Waals surface area contributed by atoms with E-state index in [1.54, 1.807) is 6.08 Å². The highest BCUT2D eigenvalue weighted by Crippen LogP contribution is 2.18. The van der Waals surface area contributed by atoms with Crippen LogP contribution in [0.5, 0.6) is 0 Å². The summed E-state index contributed by atoms with van der Waals surface area (Å²) in [6.45, 7) is 4.35. The molecule has 0 aromatic rings. The van der Waals surface area contributed by atoms with Gasteiger partial charge in [-0.05, 0) is 19.3 Å². The van der Waals surface area contributed by atoms with Crippen LogP contribution in [0, 0.1) is 0 Å². The van der Waals surface area contributed by atoms with Gasteiger partial charge in [-0.1, -0.05) is 321 Å². The van der Waals surface area contributed by atoms with E-state index in [1.807, 2.05) is 6.08 Å². The Balaban J connectivity index is 3.40. The molecule has 0 saturated carbocycles. The minimum Gasteiger partial charge on any atom is -0.394 e. The minimum atomic E-state index is -0.835. The lowest BCUT2D eigenvalue weighted by Crippen LogP contribution is -2.45. The number of amides is 1. The van der Waals surface area contributed by atoms with Crippen LogP contribution in [-0.4, -0.2) is 34.9 Å². The molecule has 0 saturated heterocycles. The molecule has 62 heavy (non-hydrogen) atoms. The standard InChI is InChI=1S/C58H115NO3/c1-3-5-7-9-11-13-15-17-19-21-23-24-25-26-27-28-29-30-31-32-33-34-35-36-38-40-42-44-46-48-50-52-54-58(62)59-56(55-60)57(61)53-51-49-47-45-43-41-39-37-22-20-18-16-14-12-10-8-6-4-2/h51,53,56-57,60-61H,3-50,52,54-55H2,1-2H3,(H,59,62)/b53-51+. The highest BCUT2D eigenvalue weighted by atomic mass is 16.3. The summed E-state index contributed by atoms with van der Waals surface area (Å²) in [7, 11) is 0. The Morgan fingerprint density at radius 3 is 0.839 bits per heavy atom. The second kappa shape index (κ2) is 54.5. The number of rotatable bonds is 54. The zero-order chi connectivity index (χ0) is 44.9. The molecule has 2 unspecified atom stereocenters. The van der Waals surface area contributed by atoms with E-state index in [9.17, 15) is 15.0 Å². The Hall–Kier alpha value is -0.870. The number of unbranched alkanes of at least 4 members (excludes halogenated alkanes) is 47. The van der Waals surface area contributed by atoms with E-state index in [4.69, 9.17) is 0 Å². The van der Waals surface area contributed by atoms with Crippen LogP contribution in [0.2, 0.25) is 0 Å². The van der Waals surface area contributed by atoms with Crippen molar-refractivity contribution >= 4 is 5.91 Å². The lowest BCUT2D eigenvalue weighted by atomic mass is 10.0. The fourth-order valence-electron chi connectivity index (χ4n) is 9.36. The van der Waals surface area contributed by atoms with Gasteiger partial charge < -0.3 is 15.5 Å². The molecule has 2 atom stereocenters. The second-order valence-corrected chi connectivity index (χ2v) is 20.1. The van der Waals surface area contributed by atoms with E-state index in [2.05, 4.69) is 19.2 Å². The molecule has 1 amide bonds. The molecule has 0 aliphatic carbocycles. The van der Waals surface area contributed by atoms with Crippen molar-refractivity contribution in [3.63, 3.8) is 0 Å². The average molecular weight is 875 g/mol. The van der Waals surface area contributed by atoms with Gasteiger partial charge in [0.15, 0.2) is 0 Å². The minimum absolute atomic E-state index is 0.0557. The highest BCUT2D eigenvalue weighted by Gasteiger charge is 2.18. The van der Waals surface area contributed by atoms with Gasteiger partial charge in [-0.3, -0.25) is 4.79 Å². The van der Waals surface area contributed by atoms with Gasteiger partial charge in [0.05, 0.1) is 18.8 Å². The first kappa shape index (κ1) is 61.1. The Labute approximate surface area is 390 Å². The number of hydrogen-bond donors (Lipinski definition) is 3. The van der Waals surface area contributed by atoms with Gasteiger partial charge in [-0.2, -0.15) is 0 Å². The summed E-state index contributed by atoms with van der Waals surface area (Å²) in [6.07, 6.45) is 71.0. The van der Waals surface area contributed by atoms with Crippen LogP contribution in [-0.2, 0) is 4.79 Å². The van der Waals surface area contributed by atoms with Crippen molar-refractivity contribution in [1.29, 1.82) is 0 Å². The molecule has 0 aliphatic heterocycles. The third-order valence-electron chi connectivity index (χ3n) is 13.8. The van der Waals surface area contributed by atoms with Crippen molar-refractivity contribution in [2.45, 2.75) is 347 Å². The summed E-state index contributed by atoms with van der Waals surface area (Å²) >= 11 is 0. The number of aliphatic hydroxyl groups is 2. The third kappa shape index (κ3) is 50.1. The summed E-state index contributed by atoms with van der Waals surface area (Å²) in [5.74, 6) is -0.0557. The van der Waals surface area contributed by atoms with Gasteiger partial charge in [-0.15, -0.1) is 0 Å². The lowest BCUT2D eigenvalue weighted by Gasteiger charge is -2.20. The van der Waals surface area contributed by atoms with E-state index in [0.29, 0.717) is 6.42 Å². The molecule has 0 aliphatic rings. The van der Waals surface area contributed by atoms with Crippen molar-refractivity contribution in [2.75, 3.05) is 6.61 Å². The summed E-state index contributed by atoms with van der Waals surface area (Å²) in [4.78, 5) is 12.5. The number of nitrogens with one attached hydrogen (secondary N) is 1. The van der Waals surface area contributed by atoms with Gasteiger partial charge in [0.25, 0.3) is 0 Å². The molecule has 0 aromatic heterocycles. The third-order valence-corrected chi connectivity index (χ3v) is 13.8. The average Bonchev–Trinajstić information content (AvgIpc) is 3.28. The van der Waals surface area contributed by atoms with Crippen LogP contribution in [0.25, 0.3) is 0 Å². The normalized spacial score (nSPS) is 12.8. The fourth-order valence-corrected chi connectivity index (χ4v) is 9.36. The van der Waals surface area contributed by atoms with Crippen LogP contribution in [0.15, 0.2) is 12.2 Å². The quantitative estimate of drug-likeness (QED) is 0.0421. The Morgan fingerprint density at radius 1 is 0.371 bits per heavy atom. The maximum atomic E-state index is 12.5. The maximum Gasteiger partial charge on any atom is 0.220 e. The van der Waals surface area contributed by atoms with E-state index in [0.717, 1.165) is 25.7 Å². The van der Waals surface area contributed by atoms with Crippen LogP contribution in [0.1, 0.15) is 335 Å². The van der Waals surface area contributed by atoms with Gasteiger partial charge in [0.2, 0.25) is 5.91 Å². The molecule has 0 radical (unpaired) electrons. The number of carbonyl (C=O) groups is 1. The summed E-state index contributed by atoms with van der Waals surface area (Å²) in [6, 6.07) is -0.618. The van der Waals surface area contributed by atoms with Gasteiger partial charge in [0, 0.05) is 6.42 Å². The maximum absolute atomic E-state index is 12.5. The second-order valence-electron chi connectivity index (χ2n) is 20.1. The first-order valence-electron chi connectivity index (χ1n) is 28.9. The SMILES string of the molecule is CCCCCCCCCCCCCCCCCC/C=C/C(O)C(CO)NC(=O)CCCCCCCCCCCCCCCCCCCCCCCCCCCCCCCCCC. The van der Waals surface area contributed by atoms with Crippen LogP contribution in [0.4, 0.5) is 0 Å². The van der Waals surface area contributed by atoms with Crippen LogP contribution >= 0.6 is 0 Å². The van der Waals surface area contributed by atoms with Crippen LogP contribution < -0.4 is 5.32 Å². The predicted molar refractivity (Wildman–Crippen MR) is 276 cm³/mol. The number of hydrogen-bond acceptors (Lipinski definition) is 3. The highest BCUT2D eigenvalue weighted by molar-refractivity contribution is 5.76.